The normalized spacial score (nSPS) is 13.1. The fourth-order valence-corrected chi connectivity index (χ4v) is 4.93. The van der Waals surface area contributed by atoms with Gasteiger partial charge in [-0.25, -0.2) is 13.2 Å². The molecule has 0 amide bonds. The van der Waals surface area contributed by atoms with Crippen molar-refractivity contribution in [1.29, 1.82) is 0 Å². The Morgan fingerprint density at radius 1 is 0.975 bits per heavy atom. The van der Waals surface area contributed by atoms with Gasteiger partial charge in [-0.05, 0) is 97.6 Å². The van der Waals surface area contributed by atoms with Gasteiger partial charge >= 0.3 is 5.97 Å². The monoisotopic (exact) mass is 576 g/mol. The molecule has 0 bridgehead atoms. The third-order valence-corrected chi connectivity index (χ3v) is 7.90. The summed E-state index contributed by atoms with van der Waals surface area (Å²) in [4.78, 5) is 31.8. The largest absolute Gasteiger partial charge is 0.478 e. The van der Waals surface area contributed by atoms with Crippen LogP contribution in [-0.2, 0) is 9.84 Å². The van der Waals surface area contributed by atoms with Crippen molar-refractivity contribution in [3.63, 3.8) is 0 Å². The predicted molar refractivity (Wildman–Crippen MR) is 152 cm³/mol. The maximum atomic E-state index is 13.2. The highest BCUT2D eigenvalue weighted by molar-refractivity contribution is 7.90. The first-order valence-electron chi connectivity index (χ1n) is 12.5. The van der Waals surface area contributed by atoms with Gasteiger partial charge in [-0.2, -0.15) is 0 Å². The fourth-order valence-electron chi connectivity index (χ4n) is 4.18. The molecule has 8 nitrogen and oxygen atoms in total. The van der Waals surface area contributed by atoms with Crippen LogP contribution in [0, 0.1) is 5.92 Å². The molecule has 204 valence electrons. The zero-order valence-corrected chi connectivity index (χ0v) is 23.0. The predicted octanol–water partition coefficient (Wildman–Crippen LogP) is 6.41. The minimum Gasteiger partial charge on any atom is -0.478 e. The molecule has 4 aromatic rings. The lowest BCUT2D eigenvalue weighted by Gasteiger charge is -2.25. The maximum Gasteiger partial charge on any atom is 0.339 e. The van der Waals surface area contributed by atoms with Gasteiger partial charge in [0.1, 0.15) is 22.8 Å². The molecule has 40 heavy (non-hydrogen) atoms. The number of halogens is 1. The Labute approximate surface area is 236 Å². The van der Waals surface area contributed by atoms with Crippen molar-refractivity contribution in [3.05, 3.63) is 107 Å². The Morgan fingerprint density at radius 3 is 2.23 bits per heavy atom. The second kappa shape index (κ2) is 11.1. The van der Waals surface area contributed by atoms with Crippen molar-refractivity contribution < 1.29 is 27.9 Å². The number of carbonyl (C=O) groups is 2. The van der Waals surface area contributed by atoms with E-state index >= 15 is 0 Å². The Balaban J connectivity index is 1.37. The van der Waals surface area contributed by atoms with E-state index in [1.54, 1.807) is 12.3 Å². The van der Waals surface area contributed by atoms with E-state index in [1.165, 1.54) is 55.3 Å². The number of rotatable bonds is 10. The lowest BCUT2D eigenvalue weighted by Crippen LogP contribution is -2.20. The average Bonchev–Trinajstić information content (AvgIpc) is 3.76. The van der Waals surface area contributed by atoms with Gasteiger partial charge in [0.05, 0.1) is 16.8 Å². The van der Waals surface area contributed by atoms with Gasteiger partial charge in [-0.3, -0.25) is 9.78 Å². The van der Waals surface area contributed by atoms with E-state index in [4.69, 9.17) is 16.3 Å². The van der Waals surface area contributed by atoms with Crippen LogP contribution in [0.25, 0.3) is 0 Å². The molecule has 5 rings (SSSR count). The van der Waals surface area contributed by atoms with Crippen molar-refractivity contribution in [2.75, 3.05) is 17.7 Å². The quantitative estimate of drug-likeness (QED) is 0.215. The van der Waals surface area contributed by atoms with E-state index < -0.39 is 21.6 Å². The van der Waals surface area contributed by atoms with Crippen LogP contribution in [0.2, 0.25) is 5.02 Å². The number of nitrogens with zero attached hydrogens (tertiary/aromatic N) is 2. The number of hydrogen-bond donors (Lipinski definition) is 1. The summed E-state index contributed by atoms with van der Waals surface area (Å²) in [5, 5.41) is 10.4. The van der Waals surface area contributed by atoms with Gasteiger partial charge in [0.25, 0.3) is 0 Å². The molecule has 3 aromatic carbocycles. The highest BCUT2D eigenvalue weighted by Crippen LogP contribution is 2.35. The Kier molecular flexibility index (Phi) is 7.60. The van der Waals surface area contributed by atoms with Gasteiger partial charge in [-0.1, -0.05) is 11.6 Å². The number of sulfone groups is 1. The number of aromatic carboxylic acids is 1. The van der Waals surface area contributed by atoms with E-state index in [1.807, 2.05) is 30.3 Å². The van der Waals surface area contributed by atoms with E-state index in [-0.39, 0.29) is 33.2 Å². The first-order chi connectivity index (χ1) is 19.1. The Hall–Kier alpha value is -4.21. The Bertz CT molecular complexity index is 1670. The van der Waals surface area contributed by atoms with Crippen LogP contribution in [0.1, 0.15) is 39.3 Å². The summed E-state index contributed by atoms with van der Waals surface area (Å²) >= 11 is 6.06. The Morgan fingerprint density at radius 2 is 1.65 bits per heavy atom. The smallest absolute Gasteiger partial charge is 0.339 e. The van der Waals surface area contributed by atoms with E-state index in [2.05, 4.69) is 9.88 Å². The summed E-state index contributed by atoms with van der Waals surface area (Å²) in [6.45, 7) is 0.830. The van der Waals surface area contributed by atoms with Crippen LogP contribution in [0.5, 0.6) is 11.5 Å². The van der Waals surface area contributed by atoms with Crippen molar-refractivity contribution in [2.24, 2.45) is 5.92 Å². The van der Waals surface area contributed by atoms with Gasteiger partial charge in [0, 0.05) is 29.1 Å². The van der Waals surface area contributed by atoms with E-state index in [9.17, 15) is 23.1 Å². The second-order valence-corrected chi connectivity index (χ2v) is 12.1. The summed E-state index contributed by atoms with van der Waals surface area (Å²) < 4.78 is 29.0. The zero-order valence-electron chi connectivity index (χ0n) is 21.5. The van der Waals surface area contributed by atoms with Crippen LogP contribution in [0.15, 0.2) is 90.0 Å². The maximum absolute atomic E-state index is 13.2. The summed E-state index contributed by atoms with van der Waals surface area (Å²) in [6.07, 6.45) is 5.07. The number of benzene rings is 3. The summed E-state index contributed by atoms with van der Waals surface area (Å²) in [5.41, 5.74) is 1.91. The summed E-state index contributed by atoms with van der Waals surface area (Å²) in [5.74, 6) is -0.844. The number of aromatic nitrogens is 1. The average molecular weight is 577 g/mol. The molecule has 1 fully saturated rings. The van der Waals surface area contributed by atoms with Crippen molar-refractivity contribution in [2.45, 2.75) is 17.7 Å². The molecule has 0 unspecified atom stereocenters. The van der Waals surface area contributed by atoms with Crippen molar-refractivity contribution >= 4 is 44.6 Å². The first-order valence-corrected chi connectivity index (χ1v) is 14.7. The third-order valence-electron chi connectivity index (χ3n) is 6.52. The van der Waals surface area contributed by atoms with E-state index in [0.29, 0.717) is 10.9 Å². The number of anilines is 2. The highest BCUT2D eigenvalue weighted by Gasteiger charge is 2.26. The molecule has 0 aliphatic heterocycles. The zero-order chi connectivity index (χ0) is 28.4. The van der Waals surface area contributed by atoms with Gasteiger partial charge < -0.3 is 14.7 Å². The van der Waals surface area contributed by atoms with Gasteiger partial charge in [0.15, 0.2) is 9.84 Å². The number of ether oxygens (including phenoxy) is 1. The molecule has 0 spiro atoms. The molecule has 1 aliphatic rings. The van der Waals surface area contributed by atoms with Crippen LogP contribution >= 0.6 is 11.6 Å². The fraction of sp³-hybridized carbons (Fsp3) is 0.167. The number of carbonyl (C=O) groups excluding carboxylic acids is 1. The molecule has 1 heterocycles. The number of hydrogen-bond acceptors (Lipinski definition) is 7. The van der Waals surface area contributed by atoms with Crippen LogP contribution in [0.3, 0.4) is 0 Å². The van der Waals surface area contributed by atoms with Gasteiger partial charge in [0.2, 0.25) is 5.78 Å². The first kappa shape index (κ1) is 27.4. The van der Waals surface area contributed by atoms with Gasteiger partial charge in [-0.15, -0.1) is 0 Å². The third kappa shape index (κ3) is 6.32. The lowest BCUT2D eigenvalue weighted by molar-refractivity contribution is 0.0694. The molecule has 0 saturated heterocycles. The molecule has 0 radical (unpaired) electrons. The van der Waals surface area contributed by atoms with Crippen molar-refractivity contribution in [1.82, 2.24) is 4.98 Å². The molecule has 0 atom stereocenters. The minimum atomic E-state index is -3.38. The standard InChI is InChI=1S/C30H25ClN2O6S/c1-40(37,38)25-12-10-24(11-13-25)39-28-15-4-20(16-26(28)30(35)36)29(34)27-14-9-23(17-32-27)33(18-19-2-3-19)22-7-5-21(31)6-8-22/h4-17,19H,2-3,18H2,1H3,(H,35,36). The molecule has 1 aliphatic carbocycles. The SMILES string of the molecule is CS(=O)(=O)c1ccc(Oc2ccc(C(=O)c3ccc(N(CC4CC4)c4ccc(Cl)cc4)cn3)cc2C(=O)O)cc1. The molecule has 1 saturated carbocycles. The number of ketones is 1. The van der Waals surface area contributed by atoms with Crippen LogP contribution in [0.4, 0.5) is 11.4 Å². The van der Waals surface area contributed by atoms with Crippen LogP contribution in [-0.4, -0.2) is 43.1 Å². The molecular weight excluding hydrogens is 552 g/mol. The van der Waals surface area contributed by atoms with Crippen LogP contribution < -0.4 is 9.64 Å². The van der Waals surface area contributed by atoms with E-state index in [0.717, 1.165) is 24.2 Å². The molecule has 10 heteroatoms. The topological polar surface area (TPSA) is 114 Å². The number of pyridine rings is 1. The molecule has 1 aromatic heterocycles. The second-order valence-electron chi connectivity index (χ2n) is 9.62. The molecule has 1 N–H and O–H groups in total. The number of carboxylic acids is 1. The summed E-state index contributed by atoms with van der Waals surface area (Å²) in [7, 11) is -3.38. The number of carboxylic acid groups (broad SMARTS) is 1. The molecular formula is C30H25ClN2O6S. The highest BCUT2D eigenvalue weighted by atomic mass is 35.5. The minimum absolute atomic E-state index is 0.0122. The lowest BCUT2D eigenvalue weighted by atomic mass is 10.0. The van der Waals surface area contributed by atoms with Crippen molar-refractivity contribution in [3.8, 4) is 11.5 Å². The summed E-state index contributed by atoms with van der Waals surface area (Å²) in [6, 6.07) is 20.7.